The maximum Gasteiger partial charge on any atom is 0.269 e. The van der Waals surface area contributed by atoms with Gasteiger partial charge in [-0.05, 0) is 48.8 Å². The van der Waals surface area contributed by atoms with E-state index in [1.54, 1.807) is 42.1 Å². The van der Waals surface area contributed by atoms with Crippen molar-refractivity contribution in [2.45, 2.75) is 94.8 Å². The molecule has 21 atom stereocenters. The van der Waals surface area contributed by atoms with Crippen LogP contribution < -0.4 is 0 Å². The molecule has 7 aliphatic rings. The van der Waals surface area contributed by atoms with Gasteiger partial charge in [0.1, 0.15) is 0 Å². The Bertz CT molecular complexity index is 2640. The molecule has 29 nitrogen and oxygen atoms in total. The largest absolute Gasteiger partial charge is 0.373 e. The number of nitrogens with zero attached hydrogens (tertiary/aromatic N) is 8. The second kappa shape index (κ2) is 31.3. The Morgan fingerprint density at radius 2 is 0.600 bits per heavy atom. The van der Waals surface area contributed by atoms with Gasteiger partial charge in [0, 0.05) is 138 Å². The molecular weight excluding hydrogens is 1250 g/mol. The normalized spacial score (nSPS) is 39.2. The van der Waals surface area contributed by atoms with Crippen LogP contribution >= 0.6 is 52.6 Å². The highest BCUT2D eigenvalue weighted by Crippen LogP contribution is 2.55. The fourth-order valence-electron chi connectivity index (χ4n) is 10.7. The van der Waals surface area contributed by atoms with E-state index < -0.39 is 121 Å². The average Bonchev–Trinajstić information content (AvgIpc) is 3.61. The van der Waals surface area contributed by atoms with Gasteiger partial charge in [-0.25, -0.2) is 32.7 Å². The van der Waals surface area contributed by atoms with Gasteiger partial charge >= 0.3 is 0 Å². The van der Waals surface area contributed by atoms with Crippen LogP contribution in [-0.2, 0) is 96.8 Å². The summed E-state index contributed by atoms with van der Waals surface area (Å²) >= 11 is 0. The van der Waals surface area contributed by atoms with Crippen molar-refractivity contribution in [1.82, 2.24) is 37.6 Å². The van der Waals surface area contributed by atoms with Crippen LogP contribution in [-0.4, -0.2) is 330 Å². The van der Waals surface area contributed by atoms with Gasteiger partial charge in [-0.3, -0.25) is 32.0 Å². The van der Waals surface area contributed by atoms with Crippen LogP contribution in [0.3, 0.4) is 0 Å². The Kier molecular flexibility index (Phi) is 25.3. The predicted octanol–water partition coefficient (Wildman–Crippen LogP) is 5.51. The summed E-state index contributed by atoms with van der Waals surface area (Å²) in [6, 6.07) is 0. The van der Waals surface area contributed by atoms with Crippen molar-refractivity contribution in [3.05, 3.63) is 0 Å². The van der Waals surface area contributed by atoms with Crippen LogP contribution in [0.4, 0.5) is 0 Å². The maximum atomic E-state index is 14.4. The van der Waals surface area contributed by atoms with Crippen molar-refractivity contribution in [3.8, 4) is 0 Å². The lowest BCUT2D eigenvalue weighted by Gasteiger charge is -2.42. The standard InChI is InChI=1S/C49H101N8O21P7/c1-39-21-54(82(11,61)70-34-45-27-52(16-20-67-45)80(9,59)69-32-43-25-51(7)15-18-65-43)29-47(76-39)36-72-84(13,63)56-23-41(3)78-49(31-56)38-74-85(14,64)57-24-42(4)77-48(30-57)37-73-83(12,62)55-22-40(2)75-46(28-55)35-71-81(10,60)53-17-19-66-44(26-53)33-68-79(8,58)50(5)6/h39-49H,15-38H2,1-14H3/t39-,40-,41-,42-,43-,44-,45-,46-,47-,48-,49-,79?,80?,81?,82?,83?,84?,85?/m0/s1/i18T,19T,20T/t18-,19+,20+,39-,40-,41-,42-,43-,44-,45-,46-,47-,48-,49-,79?,80?,81?,82?,83?,84?,85?. The average molecular weight is 1360 g/mol. The van der Waals surface area contributed by atoms with Crippen molar-refractivity contribution in [2.24, 2.45) is 0 Å². The molecule has 0 aromatic heterocycles. The van der Waals surface area contributed by atoms with Crippen molar-refractivity contribution in [2.75, 3.05) is 225 Å². The van der Waals surface area contributed by atoms with Crippen molar-refractivity contribution >= 4 is 52.6 Å². The lowest BCUT2D eigenvalue weighted by molar-refractivity contribution is -0.0889. The van der Waals surface area contributed by atoms with E-state index in [2.05, 4.69) is 0 Å². The molecule has 0 N–H and O–H groups in total. The molecule has 7 saturated heterocycles. The molecule has 7 rings (SSSR count). The zero-order valence-corrected chi connectivity index (χ0v) is 58.5. The molecule has 7 unspecified atom stereocenters. The number of hydrogen-bond acceptors (Lipinski definition) is 22. The second-order valence-electron chi connectivity index (χ2n) is 24.0. The molecule has 0 aromatic rings. The third-order valence-corrected chi connectivity index (χ3v) is 29.7. The first-order valence-electron chi connectivity index (χ1n) is 30.8. The second-order valence-corrected chi connectivity index (χ2v) is 41.3. The molecule has 7 fully saturated rings. The van der Waals surface area contributed by atoms with Gasteiger partial charge in [-0.1, -0.05) is 0 Å². The van der Waals surface area contributed by atoms with Crippen LogP contribution in [0.2, 0.25) is 0 Å². The van der Waals surface area contributed by atoms with Gasteiger partial charge < -0.3 is 69.7 Å². The highest BCUT2D eigenvalue weighted by molar-refractivity contribution is 7.57. The summed E-state index contributed by atoms with van der Waals surface area (Å²) in [5.74, 6) is 0. The Hall–Kier alpha value is 0.730. The van der Waals surface area contributed by atoms with Gasteiger partial charge in [0.25, 0.3) is 52.6 Å². The quantitative estimate of drug-likeness (QED) is 0.0873. The molecular formula is C49H101N8O21P7. The Morgan fingerprint density at radius 1 is 0.365 bits per heavy atom. The van der Waals surface area contributed by atoms with E-state index >= 15 is 0 Å². The topological polar surface area (TPSA) is 275 Å². The molecule has 7 heterocycles. The minimum absolute atomic E-state index is 0.0189. The summed E-state index contributed by atoms with van der Waals surface area (Å²) in [6.07, 6.45) is -5.89. The number of hydrogen-bond donors (Lipinski definition) is 0. The van der Waals surface area contributed by atoms with Crippen molar-refractivity contribution < 1.29 is 101 Å². The third kappa shape index (κ3) is 21.9. The molecule has 0 amide bonds. The van der Waals surface area contributed by atoms with Crippen LogP contribution in [0.25, 0.3) is 0 Å². The monoisotopic (exact) mass is 1360 g/mol. The Morgan fingerprint density at radius 3 is 0.882 bits per heavy atom. The van der Waals surface area contributed by atoms with E-state index in [1.165, 1.54) is 51.3 Å². The first-order chi connectivity index (χ1) is 40.8. The molecule has 0 aliphatic carbocycles. The van der Waals surface area contributed by atoms with E-state index in [4.69, 9.17) is 68.9 Å². The third-order valence-electron chi connectivity index (χ3n) is 15.7. The lowest BCUT2D eigenvalue weighted by Crippen LogP contribution is -2.49. The van der Waals surface area contributed by atoms with Gasteiger partial charge in [0.15, 0.2) is 0 Å². The first-order valence-corrected chi connectivity index (χ1v) is 43.2. The smallest absolute Gasteiger partial charge is 0.269 e. The van der Waals surface area contributed by atoms with Crippen molar-refractivity contribution in [1.29, 1.82) is 0 Å². The van der Waals surface area contributed by atoms with E-state index in [1.807, 2.05) is 39.6 Å². The van der Waals surface area contributed by atoms with E-state index in [0.29, 0.717) is 13.1 Å². The molecule has 36 heteroatoms. The Balaban J connectivity index is 0.844. The molecule has 85 heavy (non-hydrogen) atoms. The van der Waals surface area contributed by atoms with Crippen LogP contribution in [0.1, 0.15) is 31.8 Å². The molecule has 0 saturated carbocycles. The fraction of sp³-hybridized carbons (Fsp3) is 1.00. The number of morpholine rings is 7. The van der Waals surface area contributed by atoms with Crippen LogP contribution in [0.5, 0.6) is 0 Å². The molecule has 0 bridgehead atoms. The zero-order chi connectivity index (χ0) is 65.0. The highest BCUT2D eigenvalue weighted by atomic mass is 31.2. The zero-order valence-electron chi connectivity index (χ0n) is 55.2. The summed E-state index contributed by atoms with van der Waals surface area (Å²) < 4.78 is 218. The molecule has 0 aromatic carbocycles. The SMILES string of the molecule is [3H][C@@H]1CN(P(C)(=O)OC[C@@H]2CN(P(C)(=O)OC[C@@H]3CN(P(C)(=O)OC[C@@H]4CN(P(C)(=O)OC[C@@H]5CN(P(C)(=O)OC[C@@H]6CN(P(C)(=O)OC[C@@H]7CN(C)C[C@H]([3H])O7)C[C@@H]([3H])O6)C[C@H](C)O5)C[C@H](C)O4)C[C@H](C)O3)C[C@H](C)O2)C[C@@H](COP(C)(=O)N(C)C)O1. The van der Waals surface area contributed by atoms with E-state index in [0.717, 1.165) is 0 Å². The number of likely N-dealkylation sites (N-methyl/N-ethyl adjacent to an activating group) is 1. The predicted molar refractivity (Wildman–Crippen MR) is 324 cm³/mol. The molecule has 0 radical (unpaired) electrons. The summed E-state index contributed by atoms with van der Waals surface area (Å²) in [6.45, 7) is 17.5. The minimum Gasteiger partial charge on any atom is -0.373 e. The van der Waals surface area contributed by atoms with Crippen LogP contribution in [0.15, 0.2) is 0 Å². The minimum atomic E-state index is -3.52. The summed E-state index contributed by atoms with van der Waals surface area (Å²) in [5.41, 5.74) is 0. The fourth-order valence-corrected chi connectivity index (χ4v) is 20.7. The van der Waals surface area contributed by atoms with Crippen molar-refractivity contribution in [3.63, 3.8) is 0 Å². The number of ether oxygens (including phenoxy) is 7. The van der Waals surface area contributed by atoms with Gasteiger partial charge in [0.2, 0.25) is 0 Å². The van der Waals surface area contributed by atoms with Crippen LogP contribution in [0, 0.1) is 0 Å². The lowest BCUT2D eigenvalue weighted by atomic mass is 10.2. The Labute approximate surface area is 509 Å². The molecule has 498 valence electrons. The summed E-state index contributed by atoms with van der Waals surface area (Å²) in [7, 11) is -18.9. The van der Waals surface area contributed by atoms with Gasteiger partial charge in [0.05, 0.1) is 137 Å². The highest BCUT2D eigenvalue weighted by Gasteiger charge is 2.44. The van der Waals surface area contributed by atoms with E-state index in [9.17, 15) is 32.0 Å². The summed E-state index contributed by atoms with van der Waals surface area (Å²) in [5, 5.41) is 0. The van der Waals surface area contributed by atoms with Gasteiger partial charge in [-0.2, -0.15) is 0 Å². The van der Waals surface area contributed by atoms with E-state index in [-0.39, 0.29) is 143 Å². The maximum absolute atomic E-state index is 14.4. The molecule has 0 spiro atoms. The van der Waals surface area contributed by atoms with Gasteiger partial charge in [-0.15, -0.1) is 0 Å². The summed E-state index contributed by atoms with van der Waals surface area (Å²) in [4.78, 5) is 1.95. The molecule has 7 aliphatic heterocycles. The number of rotatable bonds is 28. The first kappa shape index (κ1) is 68.6.